The average Bonchev–Trinajstić information content (AvgIpc) is 3.81. The van der Waals surface area contributed by atoms with Crippen molar-refractivity contribution in [3.8, 4) is 0 Å². The standard InChI is InChI=1S/2C8H11N.3C7H10N2.C6H6.C5H5N.C4H4N2.3C4H10.8C2H6/c1-7(2)8-3-5-9-6-4-8;1-7(2)8-4-3-5-9-6-8;1-6(2)7-3-8-5-9-4-7;1-6(2)7-5-8-3-4-9-7;1-6(2)7-8-4-3-5-9-7;2*1-2-4-6-5-3-1;1-2-5-4-6-3-1;3*1-4(2)3;8*1-2/h2*3-7H,1-2H3;3*3-6H,1-2H3;1-6H;1-5H;1-4H;3*4H,1-3H3;8*1-2H3. The number of pyridine rings is 3. The molecule has 0 bridgehead atoms. The second-order valence-corrected chi connectivity index (χ2v) is 20.0. The Morgan fingerprint density at radius 1 is 0.209 bits per heavy atom. The van der Waals surface area contributed by atoms with E-state index in [0.717, 1.165) is 29.3 Å². The van der Waals surface area contributed by atoms with Gasteiger partial charge in [-0.25, -0.2) is 29.9 Å². The fourth-order valence-electron chi connectivity index (χ4n) is 4.24. The van der Waals surface area contributed by atoms with Crippen molar-refractivity contribution in [2.45, 2.75) is 272 Å². The maximum absolute atomic E-state index is 4.12. The fraction of sp³-hybridized carbons (Fsp3) is 0.537. The van der Waals surface area contributed by atoms with Crippen LogP contribution in [0.25, 0.3) is 0 Å². The third-order valence-electron chi connectivity index (χ3n) is 7.96. The topological polar surface area (TPSA) is 142 Å². The number of rotatable bonds is 5. The van der Waals surface area contributed by atoms with Gasteiger partial charge in [-0.2, -0.15) is 0 Å². The molecule has 0 atom stereocenters. The third kappa shape index (κ3) is 108. The smallest absolute Gasteiger partial charge is 0.130 e. The molecule has 0 aliphatic carbocycles. The molecule has 8 aromatic rings. The van der Waals surface area contributed by atoms with Crippen molar-refractivity contribution in [1.82, 2.24) is 54.8 Å². The van der Waals surface area contributed by atoms with E-state index in [1.807, 2.05) is 221 Å². The Morgan fingerprint density at radius 2 is 0.516 bits per heavy atom. The summed E-state index contributed by atoms with van der Waals surface area (Å²) in [6, 6.07) is 29.5. The molecule has 11 heteroatoms. The highest BCUT2D eigenvalue weighted by atomic mass is 14.9. The molecule has 0 unspecified atom stereocenters. The SMILES string of the molecule is CC.CC.CC.CC.CC.CC.CC.CC.CC(C)C.CC(C)C.CC(C)C.CC(C)c1cccnc1.CC(C)c1ccncc1.CC(C)c1cnccn1.CC(C)c1cncnc1.CC(C)c1ncccn1.c1ccccc1.c1ccncc1.c1cncnc1. The predicted octanol–water partition coefficient (Wildman–Crippen LogP) is 25.7. The summed E-state index contributed by atoms with van der Waals surface area (Å²) in [5, 5.41) is 0. The highest BCUT2D eigenvalue weighted by molar-refractivity contribution is 5.14. The highest BCUT2D eigenvalue weighted by Gasteiger charge is 1.99. The maximum atomic E-state index is 4.12. The lowest BCUT2D eigenvalue weighted by molar-refractivity contribution is 0.736. The van der Waals surface area contributed by atoms with E-state index in [0.29, 0.717) is 29.6 Å². The lowest BCUT2D eigenvalue weighted by Gasteiger charge is -2.01. The molecule has 0 aliphatic heterocycles. The van der Waals surface area contributed by atoms with E-state index in [-0.39, 0.29) is 0 Å². The minimum absolute atomic E-state index is 0.436. The Balaban J connectivity index is -0.0000000848. The van der Waals surface area contributed by atoms with Crippen molar-refractivity contribution in [3.05, 3.63) is 225 Å². The molecule has 0 radical (unpaired) electrons. The van der Waals surface area contributed by atoms with E-state index in [4.69, 9.17) is 0 Å². The largest absolute Gasteiger partial charge is 0.265 e. The van der Waals surface area contributed by atoms with E-state index in [1.54, 1.807) is 74.4 Å². The lowest BCUT2D eigenvalue weighted by atomic mass is 10.1. The molecule has 1 aromatic carbocycles. The summed E-state index contributed by atoms with van der Waals surface area (Å²) in [5.41, 5.74) is 4.90. The van der Waals surface area contributed by atoms with Crippen LogP contribution in [0, 0.1) is 17.8 Å². The molecule has 11 nitrogen and oxygen atoms in total. The van der Waals surface area contributed by atoms with Gasteiger partial charge in [0.05, 0.1) is 5.69 Å². The van der Waals surface area contributed by atoms with Crippen molar-refractivity contribution in [2.24, 2.45) is 17.8 Å². The van der Waals surface area contributed by atoms with E-state index < -0.39 is 0 Å². The van der Waals surface area contributed by atoms with Gasteiger partial charge in [0.25, 0.3) is 0 Å². The summed E-state index contributed by atoms with van der Waals surface area (Å²) < 4.78 is 0. The summed E-state index contributed by atoms with van der Waals surface area (Å²) in [5.74, 6) is 6.08. The van der Waals surface area contributed by atoms with Crippen LogP contribution in [-0.4, -0.2) is 54.8 Å². The van der Waals surface area contributed by atoms with Gasteiger partial charge in [-0.05, 0) is 101 Å². The van der Waals surface area contributed by atoms with Crippen LogP contribution in [0.2, 0.25) is 0 Å². The molecule has 7 aromatic heterocycles. The Kier molecular flexibility index (Phi) is 118. The third-order valence-corrected chi connectivity index (χ3v) is 7.96. The summed E-state index contributed by atoms with van der Waals surface area (Å²) in [7, 11) is 0. The van der Waals surface area contributed by atoms with Crippen LogP contribution in [0.1, 0.15) is 300 Å². The zero-order valence-corrected chi connectivity index (χ0v) is 65.5. The maximum Gasteiger partial charge on any atom is 0.130 e. The molecule has 8 rings (SSSR count). The first-order chi connectivity index (χ1) is 43.7. The molecule has 91 heavy (non-hydrogen) atoms. The molecular weight excluding hydrogens is 1110 g/mol. The van der Waals surface area contributed by atoms with Gasteiger partial charge >= 0.3 is 0 Å². The summed E-state index contributed by atoms with van der Waals surface area (Å²) in [6.45, 7) is 72.8. The second kappa shape index (κ2) is 99.2. The molecule has 0 N–H and O–H groups in total. The summed E-state index contributed by atoms with van der Waals surface area (Å²) in [4.78, 5) is 43.0. The van der Waals surface area contributed by atoms with E-state index >= 15 is 0 Å². The Bertz CT molecular complexity index is 1810. The van der Waals surface area contributed by atoms with E-state index in [2.05, 4.69) is 192 Å². The monoisotopic (exact) mass is 1260 g/mol. The first-order valence-corrected chi connectivity index (χ1v) is 34.3. The zero-order chi connectivity index (χ0) is 72.9. The molecule has 0 amide bonds. The second-order valence-electron chi connectivity index (χ2n) is 20.0. The normalized spacial score (nSPS) is 8.30. The summed E-state index contributed by atoms with van der Waals surface area (Å²) in [6.07, 6.45) is 29.7. The Morgan fingerprint density at radius 3 is 0.714 bits per heavy atom. The van der Waals surface area contributed by atoms with Gasteiger partial charge in [-0.1, -0.05) is 291 Å². The number of nitrogens with zero attached hydrogens (tertiary/aromatic N) is 11. The quantitative estimate of drug-likeness (QED) is 0.163. The van der Waals surface area contributed by atoms with Crippen LogP contribution in [0.5, 0.6) is 0 Å². The predicted molar refractivity (Wildman–Crippen MR) is 410 cm³/mol. The molecule has 7 heterocycles. The van der Waals surface area contributed by atoms with Gasteiger partial charge in [0.15, 0.2) is 0 Å². The highest BCUT2D eigenvalue weighted by Crippen LogP contribution is 2.12. The first kappa shape index (κ1) is 109. The van der Waals surface area contributed by atoms with Gasteiger partial charge in [0.2, 0.25) is 0 Å². The van der Waals surface area contributed by atoms with Crippen LogP contribution in [0.4, 0.5) is 0 Å². The van der Waals surface area contributed by atoms with Crippen LogP contribution >= 0.6 is 0 Å². The van der Waals surface area contributed by atoms with E-state index in [1.165, 1.54) is 23.0 Å². The molecular formula is C80H145N11. The van der Waals surface area contributed by atoms with Crippen LogP contribution in [0.3, 0.4) is 0 Å². The Hall–Kier alpha value is -7.01. The van der Waals surface area contributed by atoms with Gasteiger partial charge in [-0.3, -0.25) is 24.9 Å². The molecule has 0 fully saturated rings. The van der Waals surface area contributed by atoms with Crippen molar-refractivity contribution in [2.75, 3.05) is 0 Å². The van der Waals surface area contributed by atoms with Crippen molar-refractivity contribution in [1.29, 1.82) is 0 Å². The van der Waals surface area contributed by atoms with Gasteiger partial charge in [0, 0.05) is 98.9 Å². The van der Waals surface area contributed by atoms with Crippen LogP contribution in [-0.2, 0) is 0 Å². The number of hydrogen-bond acceptors (Lipinski definition) is 11. The van der Waals surface area contributed by atoms with Gasteiger partial charge in [-0.15, -0.1) is 0 Å². The van der Waals surface area contributed by atoms with Gasteiger partial charge in [0.1, 0.15) is 18.5 Å². The number of benzene rings is 1. The average molecular weight is 1260 g/mol. The fourth-order valence-corrected chi connectivity index (χ4v) is 4.24. The number of aromatic nitrogens is 11. The summed E-state index contributed by atoms with van der Waals surface area (Å²) >= 11 is 0. The van der Waals surface area contributed by atoms with Crippen LogP contribution in [0.15, 0.2) is 197 Å². The Labute approximate surface area is 566 Å². The molecule has 520 valence electrons. The van der Waals surface area contributed by atoms with E-state index in [9.17, 15) is 0 Å². The minimum atomic E-state index is 0.436. The molecule has 0 saturated heterocycles. The van der Waals surface area contributed by atoms with Crippen molar-refractivity contribution in [3.63, 3.8) is 0 Å². The zero-order valence-electron chi connectivity index (χ0n) is 65.5. The molecule has 0 saturated carbocycles. The molecule has 0 spiro atoms. The number of hydrogen-bond donors (Lipinski definition) is 0. The molecule has 0 aliphatic rings. The van der Waals surface area contributed by atoms with Crippen LogP contribution < -0.4 is 0 Å². The lowest BCUT2D eigenvalue weighted by Crippen LogP contribution is -1.93. The minimum Gasteiger partial charge on any atom is -0.265 e. The first-order valence-electron chi connectivity index (χ1n) is 34.3. The van der Waals surface area contributed by atoms with Gasteiger partial charge < -0.3 is 0 Å². The van der Waals surface area contributed by atoms with Crippen molar-refractivity contribution < 1.29 is 0 Å². The van der Waals surface area contributed by atoms with Crippen molar-refractivity contribution >= 4 is 0 Å².